The maximum Gasteiger partial charge on any atom is 0.216 e. The zero-order valence-corrected chi connectivity index (χ0v) is 16.8. The van der Waals surface area contributed by atoms with E-state index in [1.807, 2.05) is 0 Å². The summed E-state index contributed by atoms with van der Waals surface area (Å²) in [5.74, 6) is 0.927. The van der Waals surface area contributed by atoms with Crippen LogP contribution in [-0.2, 0) is 9.84 Å². The van der Waals surface area contributed by atoms with Gasteiger partial charge in [-0.05, 0) is 60.4 Å². The molecule has 0 unspecified atom stereocenters. The highest BCUT2D eigenvalue weighted by atomic mass is 32.2. The number of hydrogen-bond donors (Lipinski definition) is 0. The molecule has 0 heterocycles. The maximum atomic E-state index is 13.1. The third-order valence-electron chi connectivity index (χ3n) is 3.96. The number of methoxy groups -OCH3 is 1. The molecule has 0 aliphatic heterocycles. The molecule has 0 radical (unpaired) electrons. The zero-order valence-electron chi connectivity index (χ0n) is 16.0. The fourth-order valence-electron chi connectivity index (χ4n) is 2.36. The predicted molar refractivity (Wildman–Crippen MR) is 105 cm³/mol. The third-order valence-corrected chi connectivity index (χ3v) is 5.64. The molecular formula is C21H22FNO4S. The van der Waals surface area contributed by atoms with Crippen molar-refractivity contribution < 1.29 is 22.3 Å². The molecule has 5 nitrogen and oxygen atoms in total. The SMILES string of the molecule is COc1cc(C=C(C#N)S(=O)(=O)c2ccc(F)cc2)ccc1OCCC(C)C. The summed E-state index contributed by atoms with van der Waals surface area (Å²) in [5, 5.41) is 9.36. The average Bonchev–Trinajstić information content (AvgIpc) is 2.66. The van der Waals surface area contributed by atoms with Crippen LogP contribution in [0.25, 0.3) is 6.08 Å². The molecule has 2 rings (SSSR count). The lowest BCUT2D eigenvalue weighted by atomic mass is 10.1. The van der Waals surface area contributed by atoms with Gasteiger partial charge in [0, 0.05) is 0 Å². The van der Waals surface area contributed by atoms with Gasteiger partial charge in [0.05, 0.1) is 18.6 Å². The molecule has 7 heteroatoms. The van der Waals surface area contributed by atoms with E-state index in [0.29, 0.717) is 29.6 Å². The molecule has 0 bridgehead atoms. The maximum absolute atomic E-state index is 13.1. The van der Waals surface area contributed by atoms with Crippen LogP contribution in [0.2, 0.25) is 0 Å². The van der Waals surface area contributed by atoms with Crippen LogP contribution in [0.3, 0.4) is 0 Å². The first-order valence-corrected chi connectivity index (χ1v) is 10.2. The summed E-state index contributed by atoms with van der Waals surface area (Å²) < 4.78 is 49.4. The van der Waals surface area contributed by atoms with Crippen molar-refractivity contribution >= 4 is 15.9 Å². The van der Waals surface area contributed by atoms with Gasteiger partial charge in [0.15, 0.2) is 11.5 Å². The van der Waals surface area contributed by atoms with E-state index >= 15 is 0 Å². The Morgan fingerprint density at radius 1 is 1.18 bits per heavy atom. The van der Waals surface area contributed by atoms with Gasteiger partial charge in [-0.25, -0.2) is 12.8 Å². The lowest BCUT2D eigenvalue weighted by molar-refractivity contribution is 0.273. The van der Waals surface area contributed by atoms with Gasteiger partial charge in [0.25, 0.3) is 0 Å². The Kier molecular flexibility index (Phi) is 7.18. The summed E-state index contributed by atoms with van der Waals surface area (Å²) in [6.07, 6.45) is 2.14. The molecule has 0 aliphatic carbocycles. The van der Waals surface area contributed by atoms with Crippen LogP contribution in [0.4, 0.5) is 4.39 Å². The van der Waals surface area contributed by atoms with Crippen LogP contribution >= 0.6 is 0 Å². The molecule has 0 amide bonds. The monoisotopic (exact) mass is 403 g/mol. The first-order chi connectivity index (χ1) is 13.3. The number of benzene rings is 2. The van der Waals surface area contributed by atoms with Gasteiger partial charge >= 0.3 is 0 Å². The van der Waals surface area contributed by atoms with Gasteiger partial charge in [-0.2, -0.15) is 5.26 Å². The smallest absolute Gasteiger partial charge is 0.216 e. The van der Waals surface area contributed by atoms with Gasteiger partial charge in [0.1, 0.15) is 16.8 Å². The molecule has 0 N–H and O–H groups in total. The average molecular weight is 403 g/mol. The molecule has 0 atom stereocenters. The van der Waals surface area contributed by atoms with Gasteiger partial charge in [0.2, 0.25) is 9.84 Å². The molecule has 2 aromatic rings. The molecule has 0 spiro atoms. The van der Waals surface area contributed by atoms with Crippen molar-refractivity contribution in [3.05, 3.63) is 58.8 Å². The number of sulfone groups is 1. The molecule has 0 fully saturated rings. The van der Waals surface area contributed by atoms with Gasteiger partial charge in [-0.15, -0.1) is 0 Å². The van der Waals surface area contributed by atoms with Crippen molar-refractivity contribution in [1.82, 2.24) is 0 Å². The van der Waals surface area contributed by atoms with Gasteiger partial charge in [-0.3, -0.25) is 0 Å². The lowest BCUT2D eigenvalue weighted by Crippen LogP contribution is -2.04. The Hall–Kier alpha value is -2.85. The summed E-state index contributed by atoms with van der Waals surface area (Å²) in [6, 6.07) is 11.0. The van der Waals surface area contributed by atoms with Crippen LogP contribution in [0.1, 0.15) is 25.8 Å². The Bertz CT molecular complexity index is 990. The van der Waals surface area contributed by atoms with Crippen molar-refractivity contribution in [3.63, 3.8) is 0 Å². The third kappa shape index (κ3) is 5.33. The van der Waals surface area contributed by atoms with Crippen LogP contribution in [0, 0.1) is 23.1 Å². The summed E-state index contributed by atoms with van der Waals surface area (Å²) >= 11 is 0. The second kappa shape index (κ2) is 9.38. The largest absolute Gasteiger partial charge is 0.493 e. The van der Waals surface area contributed by atoms with E-state index in [1.165, 1.54) is 13.2 Å². The lowest BCUT2D eigenvalue weighted by Gasteiger charge is -2.12. The number of ether oxygens (including phenoxy) is 2. The van der Waals surface area contributed by atoms with E-state index in [1.54, 1.807) is 24.3 Å². The molecule has 0 aromatic heterocycles. The standard InChI is InChI=1S/C21H22FNO4S/c1-15(2)10-11-27-20-9-4-16(13-21(20)26-3)12-19(14-23)28(24,25)18-7-5-17(22)6-8-18/h4-9,12-13,15H,10-11H2,1-3H3. The first kappa shape index (κ1) is 21.5. The van der Waals surface area contributed by atoms with Crippen LogP contribution in [0.5, 0.6) is 11.5 Å². The molecule has 28 heavy (non-hydrogen) atoms. The Morgan fingerprint density at radius 2 is 1.86 bits per heavy atom. The topological polar surface area (TPSA) is 76.4 Å². The molecule has 0 saturated carbocycles. The second-order valence-electron chi connectivity index (χ2n) is 6.52. The molecule has 0 aliphatic rings. The number of nitriles is 1. The van der Waals surface area contributed by atoms with Crippen molar-refractivity contribution in [2.24, 2.45) is 5.92 Å². The summed E-state index contributed by atoms with van der Waals surface area (Å²) in [5.41, 5.74) is 0.468. The van der Waals surface area contributed by atoms with Crippen LogP contribution in [-0.4, -0.2) is 22.1 Å². The van der Waals surface area contributed by atoms with E-state index in [9.17, 15) is 18.1 Å². The Balaban J connectivity index is 2.33. The van der Waals surface area contributed by atoms with E-state index in [-0.39, 0.29) is 4.90 Å². The molecular weight excluding hydrogens is 381 g/mol. The van der Waals surface area contributed by atoms with Gasteiger partial charge < -0.3 is 9.47 Å². The van der Waals surface area contributed by atoms with E-state index in [2.05, 4.69) is 13.8 Å². The highest BCUT2D eigenvalue weighted by molar-refractivity contribution is 7.95. The number of nitrogens with zero attached hydrogens (tertiary/aromatic N) is 1. The number of allylic oxidation sites excluding steroid dienone is 1. The molecule has 0 saturated heterocycles. The number of halogens is 1. The first-order valence-electron chi connectivity index (χ1n) is 8.71. The highest BCUT2D eigenvalue weighted by Gasteiger charge is 2.21. The van der Waals surface area contributed by atoms with Crippen LogP contribution < -0.4 is 9.47 Å². The minimum Gasteiger partial charge on any atom is -0.493 e. The number of rotatable bonds is 8. The van der Waals surface area contributed by atoms with E-state index < -0.39 is 20.6 Å². The quantitative estimate of drug-likeness (QED) is 0.476. The zero-order chi connectivity index (χ0) is 20.7. The van der Waals surface area contributed by atoms with Crippen molar-refractivity contribution in [1.29, 1.82) is 5.26 Å². The summed E-state index contributed by atoms with van der Waals surface area (Å²) in [7, 11) is -2.57. The molecule has 148 valence electrons. The van der Waals surface area contributed by atoms with Crippen LogP contribution in [0.15, 0.2) is 52.3 Å². The fourth-order valence-corrected chi connectivity index (χ4v) is 3.52. The minimum absolute atomic E-state index is 0.151. The van der Waals surface area contributed by atoms with Crippen molar-refractivity contribution in [2.75, 3.05) is 13.7 Å². The number of hydrogen-bond acceptors (Lipinski definition) is 5. The van der Waals surface area contributed by atoms with E-state index in [4.69, 9.17) is 9.47 Å². The van der Waals surface area contributed by atoms with Crippen molar-refractivity contribution in [3.8, 4) is 17.6 Å². The Labute approximate surface area is 164 Å². The van der Waals surface area contributed by atoms with E-state index in [0.717, 1.165) is 30.7 Å². The predicted octanol–water partition coefficient (Wildman–Crippen LogP) is 4.60. The fraction of sp³-hybridized carbons (Fsp3) is 0.286. The van der Waals surface area contributed by atoms with Crippen molar-refractivity contribution in [2.45, 2.75) is 25.2 Å². The second-order valence-corrected chi connectivity index (χ2v) is 8.44. The summed E-state index contributed by atoms with van der Waals surface area (Å²) in [4.78, 5) is -0.600. The minimum atomic E-state index is -4.06. The summed E-state index contributed by atoms with van der Waals surface area (Å²) in [6.45, 7) is 4.73. The van der Waals surface area contributed by atoms with Gasteiger partial charge in [-0.1, -0.05) is 19.9 Å². The normalized spacial score (nSPS) is 11.9. The Morgan fingerprint density at radius 3 is 2.43 bits per heavy atom. The highest BCUT2D eigenvalue weighted by Crippen LogP contribution is 2.30. The molecule has 2 aromatic carbocycles.